The largest absolute Gasteiger partial charge is 0.303 e. The van der Waals surface area contributed by atoms with E-state index in [4.69, 9.17) is 0 Å². The van der Waals surface area contributed by atoms with Crippen molar-refractivity contribution in [2.24, 2.45) is 23.7 Å². The van der Waals surface area contributed by atoms with E-state index < -0.39 is 0 Å². The van der Waals surface area contributed by atoms with Gasteiger partial charge in [0.1, 0.15) is 0 Å². The molecule has 5 unspecified atom stereocenters. The molecular formula is C18H35N. The molecule has 0 aromatic heterocycles. The molecule has 0 spiro atoms. The zero-order valence-corrected chi connectivity index (χ0v) is 14.2. The van der Waals surface area contributed by atoms with Crippen molar-refractivity contribution < 1.29 is 0 Å². The van der Waals surface area contributed by atoms with Gasteiger partial charge in [0.25, 0.3) is 0 Å². The molecule has 1 saturated carbocycles. The SMILES string of the molecule is CCC1CC(CC(C)C=C(C)C)C(C)C1N(C)CC. The third kappa shape index (κ3) is 4.34. The van der Waals surface area contributed by atoms with Crippen LogP contribution in [0.1, 0.15) is 60.8 Å². The summed E-state index contributed by atoms with van der Waals surface area (Å²) in [6, 6.07) is 0.805. The van der Waals surface area contributed by atoms with Crippen LogP contribution in [0.3, 0.4) is 0 Å². The van der Waals surface area contributed by atoms with Gasteiger partial charge in [-0.15, -0.1) is 0 Å². The molecule has 1 rings (SSSR count). The van der Waals surface area contributed by atoms with E-state index >= 15 is 0 Å². The molecule has 0 saturated heterocycles. The highest BCUT2D eigenvalue weighted by atomic mass is 15.1. The van der Waals surface area contributed by atoms with Crippen molar-refractivity contribution in [1.82, 2.24) is 4.90 Å². The fourth-order valence-corrected chi connectivity index (χ4v) is 4.26. The van der Waals surface area contributed by atoms with Gasteiger partial charge in [-0.05, 0) is 64.0 Å². The van der Waals surface area contributed by atoms with E-state index in [0.29, 0.717) is 0 Å². The van der Waals surface area contributed by atoms with Crippen LogP contribution in [-0.4, -0.2) is 24.5 Å². The zero-order valence-electron chi connectivity index (χ0n) is 14.2. The Bertz CT molecular complexity index is 290. The van der Waals surface area contributed by atoms with Gasteiger partial charge in [0.05, 0.1) is 0 Å². The highest BCUT2D eigenvalue weighted by molar-refractivity contribution is 4.99. The Kier molecular flexibility index (Phi) is 6.59. The summed E-state index contributed by atoms with van der Waals surface area (Å²) in [6.07, 6.45) is 6.60. The molecule has 1 nitrogen and oxygen atoms in total. The van der Waals surface area contributed by atoms with E-state index in [1.54, 1.807) is 0 Å². The summed E-state index contributed by atoms with van der Waals surface area (Å²) in [7, 11) is 2.31. The second-order valence-electron chi connectivity index (χ2n) is 7.04. The lowest BCUT2D eigenvalue weighted by Crippen LogP contribution is -2.38. The average molecular weight is 265 g/mol. The summed E-state index contributed by atoms with van der Waals surface area (Å²) in [5.74, 6) is 3.40. The van der Waals surface area contributed by atoms with Crippen LogP contribution in [0.5, 0.6) is 0 Å². The molecule has 0 aromatic rings. The highest BCUT2D eigenvalue weighted by Crippen LogP contribution is 2.43. The van der Waals surface area contributed by atoms with Gasteiger partial charge in [0.15, 0.2) is 0 Å². The second-order valence-corrected chi connectivity index (χ2v) is 7.04. The normalized spacial score (nSPS) is 32.6. The van der Waals surface area contributed by atoms with Gasteiger partial charge in [-0.1, -0.05) is 45.8 Å². The molecule has 1 aliphatic carbocycles. The standard InChI is InChI=1S/C18H35N/c1-8-16-12-17(11-14(5)10-13(3)4)15(6)18(16)19(7)9-2/h10,14-18H,8-9,11-12H2,1-7H3. The smallest absolute Gasteiger partial charge is 0.0149 e. The van der Waals surface area contributed by atoms with E-state index in [-0.39, 0.29) is 0 Å². The van der Waals surface area contributed by atoms with Crippen molar-refractivity contribution >= 4 is 0 Å². The number of hydrogen-bond donors (Lipinski definition) is 0. The predicted octanol–water partition coefficient (Wildman–Crippen LogP) is 4.98. The zero-order chi connectivity index (χ0) is 14.6. The lowest BCUT2D eigenvalue weighted by Gasteiger charge is -2.32. The molecule has 1 fully saturated rings. The Morgan fingerprint density at radius 3 is 2.37 bits per heavy atom. The molecule has 0 radical (unpaired) electrons. The van der Waals surface area contributed by atoms with E-state index in [1.165, 1.54) is 31.4 Å². The first-order chi connectivity index (χ1) is 8.90. The fraction of sp³-hybridized carbons (Fsp3) is 0.889. The first kappa shape index (κ1) is 16.8. The summed E-state index contributed by atoms with van der Waals surface area (Å²) in [4.78, 5) is 2.59. The summed E-state index contributed by atoms with van der Waals surface area (Å²) in [5, 5.41) is 0. The van der Waals surface area contributed by atoms with Crippen LogP contribution >= 0.6 is 0 Å². The maximum atomic E-state index is 2.59. The maximum absolute atomic E-state index is 2.59. The summed E-state index contributed by atoms with van der Waals surface area (Å²) in [5.41, 5.74) is 1.47. The van der Waals surface area contributed by atoms with E-state index in [9.17, 15) is 0 Å². The van der Waals surface area contributed by atoms with Gasteiger partial charge in [0.2, 0.25) is 0 Å². The average Bonchev–Trinajstić information content (AvgIpc) is 2.64. The minimum absolute atomic E-state index is 0.737. The third-order valence-corrected chi connectivity index (χ3v) is 5.20. The number of allylic oxidation sites excluding steroid dienone is 2. The fourth-order valence-electron chi connectivity index (χ4n) is 4.26. The van der Waals surface area contributed by atoms with Crippen molar-refractivity contribution in [3.05, 3.63) is 11.6 Å². The van der Waals surface area contributed by atoms with Crippen molar-refractivity contribution in [2.75, 3.05) is 13.6 Å². The highest BCUT2D eigenvalue weighted by Gasteiger charge is 2.41. The van der Waals surface area contributed by atoms with Crippen LogP contribution in [0.25, 0.3) is 0 Å². The van der Waals surface area contributed by atoms with Gasteiger partial charge >= 0.3 is 0 Å². The van der Waals surface area contributed by atoms with Crippen LogP contribution in [0.2, 0.25) is 0 Å². The van der Waals surface area contributed by atoms with Crippen LogP contribution in [0, 0.1) is 23.7 Å². The maximum Gasteiger partial charge on any atom is 0.0149 e. The minimum Gasteiger partial charge on any atom is -0.303 e. The Balaban J connectivity index is 2.69. The molecule has 1 aliphatic rings. The number of hydrogen-bond acceptors (Lipinski definition) is 1. The first-order valence-electron chi connectivity index (χ1n) is 8.25. The lowest BCUT2D eigenvalue weighted by atomic mass is 9.86. The Hall–Kier alpha value is -0.300. The van der Waals surface area contributed by atoms with Gasteiger partial charge in [-0.2, -0.15) is 0 Å². The summed E-state index contributed by atoms with van der Waals surface area (Å²) >= 11 is 0. The van der Waals surface area contributed by atoms with Crippen molar-refractivity contribution in [3.8, 4) is 0 Å². The summed E-state index contributed by atoms with van der Waals surface area (Å²) in [6.45, 7) is 15.2. The molecule has 112 valence electrons. The monoisotopic (exact) mass is 265 g/mol. The lowest BCUT2D eigenvalue weighted by molar-refractivity contribution is 0.159. The number of rotatable bonds is 6. The van der Waals surface area contributed by atoms with Crippen molar-refractivity contribution in [3.63, 3.8) is 0 Å². The van der Waals surface area contributed by atoms with E-state index in [2.05, 4.69) is 59.6 Å². The van der Waals surface area contributed by atoms with Gasteiger partial charge < -0.3 is 4.90 Å². The minimum atomic E-state index is 0.737. The van der Waals surface area contributed by atoms with Crippen LogP contribution < -0.4 is 0 Å². The molecule has 0 amide bonds. The van der Waals surface area contributed by atoms with Crippen LogP contribution in [0.4, 0.5) is 0 Å². The molecule has 19 heavy (non-hydrogen) atoms. The number of nitrogens with zero attached hydrogens (tertiary/aromatic N) is 1. The van der Waals surface area contributed by atoms with Gasteiger partial charge in [0, 0.05) is 6.04 Å². The predicted molar refractivity (Wildman–Crippen MR) is 86.4 cm³/mol. The molecule has 0 aromatic carbocycles. The third-order valence-electron chi connectivity index (χ3n) is 5.20. The molecule has 0 bridgehead atoms. The topological polar surface area (TPSA) is 3.24 Å². The van der Waals surface area contributed by atoms with E-state index in [0.717, 1.165) is 29.7 Å². The van der Waals surface area contributed by atoms with Gasteiger partial charge in [-0.3, -0.25) is 0 Å². The van der Waals surface area contributed by atoms with E-state index in [1.807, 2.05) is 0 Å². The molecular weight excluding hydrogens is 230 g/mol. The first-order valence-corrected chi connectivity index (χ1v) is 8.25. The summed E-state index contributed by atoms with van der Waals surface area (Å²) < 4.78 is 0. The molecule has 0 heterocycles. The Morgan fingerprint density at radius 2 is 1.89 bits per heavy atom. The molecule has 0 N–H and O–H groups in total. The van der Waals surface area contributed by atoms with Crippen molar-refractivity contribution in [1.29, 1.82) is 0 Å². The molecule has 5 atom stereocenters. The van der Waals surface area contributed by atoms with Crippen LogP contribution in [-0.2, 0) is 0 Å². The van der Waals surface area contributed by atoms with Crippen molar-refractivity contribution in [2.45, 2.75) is 66.8 Å². The quantitative estimate of drug-likeness (QED) is 0.612. The molecule has 0 aliphatic heterocycles. The van der Waals surface area contributed by atoms with Crippen LogP contribution in [0.15, 0.2) is 11.6 Å². The Labute approximate surface area is 121 Å². The Morgan fingerprint density at radius 1 is 1.26 bits per heavy atom. The second kappa shape index (κ2) is 7.47. The van der Waals surface area contributed by atoms with Gasteiger partial charge in [-0.25, -0.2) is 0 Å². The molecule has 1 heteroatoms.